The fourth-order valence-electron chi connectivity index (χ4n) is 3.64. The van der Waals surface area contributed by atoms with Gasteiger partial charge in [0.2, 0.25) is 0 Å². The van der Waals surface area contributed by atoms with Gasteiger partial charge >= 0.3 is 5.69 Å². The van der Waals surface area contributed by atoms with Crippen LogP contribution in [0.3, 0.4) is 0 Å². The van der Waals surface area contributed by atoms with Crippen LogP contribution in [0.2, 0.25) is 0 Å². The van der Waals surface area contributed by atoms with E-state index in [1.807, 2.05) is 30.3 Å². The Morgan fingerprint density at radius 3 is 2.59 bits per heavy atom. The molecule has 0 atom stereocenters. The Morgan fingerprint density at radius 2 is 1.95 bits per heavy atom. The van der Waals surface area contributed by atoms with Gasteiger partial charge in [0.25, 0.3) is 5.92 Å². The molecular weight excluding hydrogens is 288 g/mol. The van der Waals surface area contributed by atoms with Gasteiger partial charge in [-0.2, -0.15) is 5.10 Å². The first-order valence-electron chi connectivity index (χ1n) is 7.55. The van der Waals surface area contributed by atoms with Crippen molar-refractivity contribution in [3.05, 3.63) is 52.2 Å². The minimum Gasteiger partial charge on any atom is -0.292 e. The lowest BCUT2D eigenvalue weighted by atomic mass is 9.71. The molecule has 2 aliphatic rings. The van der Waals surface area contributed by atoms with Crippen molar-refractivity contribution < 1.29 is 8.78 Å². The molecule has 1 heterocycles. The Labute approximate surface area is 126 Å². The highest BCUT2D eigenvalue weighted by atomic mass is 19.3. The van der Waals surface area contributed by atoms with Crippen molar-refractivity contribution in [2.24, 2.45) is 11.3 Å². The molecule has 4 rings (SSSR count). The molecule has 1 spiro atoms. The zero-order chi connectivity index (χ0) is 15.4. The van der Waals surface area contributed by atoms with E-state index in [9.17, 15) is 13.6 Å². The summed E-state index contributed by atoms with van der Waals surface area (Å²) in [6.07, 6.45) is 1.60. The molecule has 2 aromatic rings. The minimum atomic E-state index is -2.47. The molecule has 0 unspecified atom stereocenters. The molecule has 1 aromatic carbocycles. The number of rotatable bonds is 4. The minimum absolute atomic E-state index is 0.0191. The van der Waals surface area contributed by atoms with Gasteiger partial charge in [-0.3, -0.25) is 4.98 Å². The second-order valence-electron chi connectivity index (χ2n) is 6.66. The van der Waals surface area contributed by atoms with E-state index in [2.05, 4.69) is 10.1 Å². The predicted octanol–water partition coefficient (Wildman–Crippen LogP) is 2.60. The highest BCUT2D eigenvalue weighted by Gasteiger charge is 2.75. The van der Waals surface area contributed by atoms with Crippen LogP contribution in [0.25, 0.3) is 0 Å². The molecule has 0 aliphatic heterocycles. The Kier molecular flexibility index (Phi) is 2.80. The Hall–Kier alpha value is -1.98. The van der Waals surface area contributed by atoms with Gasteiger partial charge in [-0.05, 0) is 24.3 Å². The Bertz CT molecular complexity index is 744. The van der Waals surface area contributed by atoms with Crippen molar-refractivity contribution in [3.8, 4) is 0 Å². The summed E-state index contributed by atoms with van der Waals surface area (Å²) in [5.74, 6) is -1.72. The van der Waals surface area contributed by atoms with Crippen LogP contribution in [0.4, 0.5) is 8.78 Å². The molecule has 4 nitrogen and oxygen atoms in total. The molecule has 6 heteroatoms. The van der Waals surface area contributed by atoms with Crippen LogP contribution >= 0.6 is 0 Å². The summed E-state index contributed by atoms with van der Waals surface area (Å²) in [5, 5.41) is 4.29. The number of nitrogens with one attached hydrogen (secondary N) is 1. The average Bonchev–Trinajstić information content (AvgIpc) is 2.84. The molecule has 1 aromatic heterocycles. The highest BCUT2D eigenvalue weighted by Crippen LogP contribution is 2.72. The maximum Gasteiger partial charge on any atom is 0.343 e. The third-order valence-electron chi connectivity index (χ3n) is 4.94. The Morgan fingerprint density at radius 1 is 1.27 bits per heavy atom. The zero-order valence-corrected chi connectivity index (χ0v) is 12.1. The number of benzene rings is 1. The molecule has 22 heavy (non-hydrogen) atoms. The van der Waals surface area contributed by atoms with Crippen LogP contribution in [0, 0.1) is 11.3 Å². The summed E-state index contributed by atoms with van der Waals surface area (Å²) < 4.78 is 27.7. The first-order chi connectivity index (χ1) is 10.5. The molecule has 1 N–H and O–H groups in total. The smallest absolute Gasteiger partial charge is 0.292 e. The Balaban J connectivity index is 1.40. The van der Waals surface area contributed by atoms with Crippen LogP contribution in [-0.4, -0.2) is 20.7 Å². The van der Waals surface area contributed by atoms with Gasteiger partial charge in [0, 0.05) is 24.8 Å². The van der Waals surface area contributed by atoms with E-state index in [-0.39, 0.29) is 18.0 Å². The van der Waals surface area contributed by atoms with Crippen molar-refractivity contribution in [2.75, 3.05) is 0 Å². The van der Waals surface area contributed by atoms with E-state index in [0.717, 1.165) is 5.56 Å². The number of alkyl halides is 2. The average molecular weight is 305 g/mol. The third kappa shape index (κ3) is 2.17. The van der Waals surface area contributed by atoms with Gasteiger partial charge in [-0.15, -0.1) is 0 Å². The first kappa shape index (κ1) is 13.7. The van der Waals surface area contributed by atoms with Crippen LogP contribution < -0.4 is 5.69 Å². The third-order valence-corrected chi connectivity index (χ3v) is 4.94. The summed E-state index contributed by atoms with van der Waals surface area (Å²) in [7, 11) is 0. The van der Waals surface area contributed by atoms with Gasteiger partial charge < -0.3 is 0 Å². The van der Waals surface area contributed by atoms with Gasteiger partial charge in [-0.1, -0.05) is 30.3 Å². The normalized spacial score (nSPS) is 28.5. The second kappa shape index (κ2) is 4.51. The molecule has 2 saturated carbocycles. The molecule has 2 aliphatic carbocycles. The van der Waals surface area contributed by atoms with E-state index >= 15 is 0 Å². The lowest BCUT2D eigenvalue weighted by molar-refractivity contribution is -0.00385. The van der Waals surface area contributed by atoms with E-state index in [1.54, 1.807) is 0 Å². The van der Waals surface area contributed by atoms with Crippen molar-refractivity contribution >= 4 is 0 Å². The standard InChI is InChI=1S/C16H17F2N3O/c17-16(18)10-15(16)7-12(8-15)9-21-14(22)19-13(20-21)6-11-4-2-1-3-5-11/h1-5,12H,6-10H2,(H,19,20,22). The summed E-state index contributed by atoms with van der Waals surface area (Å²) in [6.45, 7) is 0.432. The molecule has 0 amide bonds. The molecule has 0 bridgehead atoms. The number of nitrogens with zero attached hydrogens (tertiary/aromatic N) is 2. The zero-order valence-electron chi connectivity index (χ0n) is 12.1. The van der Waals surface area contributed by atoms with Crippen molar-refractivity contribution in [3.63, 3.8) is 0 Å². The molecular formula is C16H17F2N3O. The molecule has 2 fully saturated rings. The highest BCUT2D eigenvalue weighted by molar-refractivity contribution is 5.18. The lowest BCUT2D eigenvalue weighted by Crippen LogP contribution is -2.35. The number of aromatic amines is 1. The van der Waals surface area contributed by atoms with Crippen LogP contribution in [0.15, 0.2) is 35.1 Å². The topological polar surface area (TPSA) is 50.7 Å². The van der Waals surface area contributed by atoms with E-state index < -0.39 is 11.3 Å². The molecule has 0 saturated heterocycles. The maximum atomic E-state index is 13.2. The number of aromatic nitrogens is 3. The van der Waals surface area contributed by atoms with Crippen LogP contribution in [-0.2, 0) is 13.0 Å². The SMILES string of the molecule is O=c1[nH]c(Cc2ccccc2)nn1CC1CC2(C1)CC2(F)F. The second-order valence-corrected chi connectivity index (χ2v) is 6.66. The number of H-pyrrole nitrogens is 1. The number of hydrogen-bond acceptors (Lipinski definition) is 2. The van der Waals surface area contributed by atoms with Crippen LogP contribution in [0.1, 0.15) is 30.7 Å². The predicted molar refractivity (Wildman–Crippen MR) is 76.8 cm³/mol. The molecule has 0 radical (unpaired) electrons. The van der Waals surface area contributed by atoms with Gasteiger partial charge in [0.15, 0.2) is 0 Å². The summed E-state index contributed by atoms with van der Waals surface area (Å²) in [5.41, 5.74) is 0.0721. The largest absolute Gasteiger partial charge is 0.343 e. The van der Waals surface area contributed by atoms with E-state index in [1.165, 1.54) is 4.68 Å². The summed E-state index contributed by atoms with van der Waals surface area (Å²) in [4.78, 5) is 14.7. The van der Waals surface area contributed by atoms with Crippen molar-refractivity contribution in [2.45, 2.75) is 38.2 Å². The van der Waals surface area contributed by atoms with E-state index in [0.29, 0.717) is 31.6 Å². The first-order valence-corrected chi connectivity index (χ1v) is 7.55. The van der Waals surface area contributed by atoms with Gasteiger partial charge in [0.05, 0.1) is 0 Å². The number of hydrogen-bond donors (Lipinski definition) is 1. The fourth-order valence-corrected chi connectivity index (χ4v) is 3.64. The number of halogens is 2. The van der Waals surface area contributed by atoms with Crippen molar-refractivity contribution in [1.29, 1.82) is 0 Å². The monoisotopic (exact) mass is 305 g/mol. The summed E-state index contributed by atoms with van der Waals surface area (Å²) in [6, 6.07) is 9.76. The lowest BCUT2D eigenvalue weighted by Gasteiger charge is -2.35. The van der Waals surface area contributed by atoms with Crippen molar-refractivity contribution in [1.82, 2.24) is 14.8 Å². The maximum absolute atomic E-state index is 13.2. The van der Waals surface area contributed by atoms with Gasteiger partial charge in [-0.25, -0.2) is 18.3 Å². The molecule has 116 valence electrons. The summed E-state index contributed by atoms with van der Waals surface area (Å²) >= 11 is 0. The van der Waals surface area contributed by atoms with E-state index in [4.69, 9.17) is 0 Å². The van der Waals surface area contributed by atoms with Crippen LogP contribution in [0.5, 0.6) is 0 Å². The fraction of sp³-hybridized carbons (Fsp3) is 0.500. The quantitative estimate of drug-likeness (QED) is 0.944. The van der Waals surface area contributed by atoms with Gasteiger partial charge in [0.1, 0.15) is 5.82 Å².